The molecule has 6 heteroatoms. The molecule has 5 nitrogen and oxygen atoms in total. The van der Waals surface area contributed by atoms with E-state index >= 15 is 0 Å². The van der Waals surface area contributed by atoms with Crippen LogP contribution in [0.2, 0.25) is 0 Å². The highest BCUT2D eigenvalue weighted by Gasteiger charge is 2.23. The zero-order valence-corrected chi connectivity index (χ0v) is 16.0. The van der Waals surface area contributed by atoms with E-state index in [1.807, 2.05) is 40.6 Å². The molecule has 0 aliphatic carbocycles. The average molecular weight is 379 g/mol. The minimum absolute atomic E-state index is 0.0734. The number of methoxy groups -OCH3 is 1. The molecule has 2 aromatic heterocycles. The molecule has 0 saturated carbocycles. The predicted octanol–water partition coefficient (Wildman–Crippen LogP) is 4.13. The van der Waals surface area contributed by atoms with Gasteiger partial charge in [-0.1, -0.05) is 12.1 Å². The molecule has 0 spiro atoms. The molecule has 0 fully saturated rings. The molecule has 27 heavy (non-hydrogen) atoms. The maximum Gasteiger partial charge on any atom is 0.233 e. The lowest BCUT2D eigenvalue weighted by Gasteiger charge is -2.23. The monoisotopic (exact) mass is 379 g/mol. The lowest BCUT2D eigenvalue weighted by atomic mass is 10.1. The Bertz CT molecular complexity index is 940. The van der Waals surface area contributed by atoms with Crippen LogP contribution in [0.1, 0.15) is 24.1 Å². The minimum Gasteiger partial charge on any atom is -0.497 e. The number of aromatic nitrogens is 2. The zero-order valence-electron chi connectivity index (χ0n) is 15.2. The van der Waals surface area contributed by atoms with E-state index in [9.17, 15) is 4.79 Å². The number of rotatable bonds is 4. The van der Waals surface area contributed by atoms with Crippen LogP contribution in [0.3, 0.4) is 0 Å². The molecule has 0 atom stereocenters. The van der Waals surface area contributed by atoms with Crippen molar-refractivity contribution in [2.24, 2.45) is 0 Å². The number of nitrogens with zero attached hydrogens (tertiary/aromatic N) is 3. The Morgan fingerprint density at radius 3 is 3.00 bits per heavy atom. The van der Waals surface area contributed by atoms with E-state index in [1.165, 1.54) is 16.9 Å². The van der Waals surface area contributed by atoms with Crippen LogP contribution in [0.4, 0.5) is 5.69 Å². The molecular weight excluding hydrogens is 358 g/mol. The Balaban J connectivity index is 1.56. The molecule has 0 saturated heterocycles. The van der Waals surface area contributed by atoms with E-state index < -0.39 is 0 Å². The Labute approximate surface area is 162 Å². The number of ether oxygens (including phenoxy) is 1. The highest BCUT2D eigenvalue weighted by molar-refractivity contribution is 7.13. The summed E-state index contributed by atoms with van der Waals surface area (Å²) in [6.07, 6.45) is 5.12. The summed E-state index contributed by atoms with van der Waals surface area (Å²) in [7, 11) is 1.65. The topological polar surface area (TPSA) is 55.3 Å². The van der Waals surface area contributed by atoms with Crippen LogP contribution in [-0.4, -0.2) is 29.5 Å². The number of hydrogen-bond acceptors (Lipinski definition) is 5. The third-order valence-corrected chi connectivity index (χ3v) is 5.64. The fourth-order valence-electron chi connectivity index (χ4n) is 3.34. The largest absolute Gasteiger partial charge is 0.497 e. The van der Waals surface area contributed by atoms with Crippen LogP contribution in [0.15, 0.2) is 48.0 Å². The fourth-order valence-corrected chi connectivity index (χ4v) is 4.14. The van der Waals surface area contributed by atoms with Gasteiger partial charge in [-0.15, -0.1) is 11.3 Å². The maximum absolute atomic E-state index is 13.1. The van der Waals surface area contributed by atoms with Gasteiger partial charge in [-0.25, -0.2) is 4.98 Å². The van der Waals surface area contributed by atoms with Gasteiger partial charge in [0.05, 0.1) is 30.6 Å². The zero-order chi connectivity index (χ0) is 18.6. The molecule has 0 unspecified atom stereocenters. The lowest BCUT2D eigenvalue weighted by molar-refractivity contribution is -0.118. The second-order valence-corrected chi connectivity index (χ2v) is 7.39. The van der Waals surface area contributed by atoms with Crippen LogP contribution < -0.4 is 9.64 Å². The third-order valence-electron chi connectivity index (χ3n) is 4.73. The van der Waals surface area contributed by atoms with Crippen molar-refractivity contribution in [3.05, 3.63) is 59.2 Å². The second kappa shape index (κ2) is 7.88. The Morgan fingerprint density at radius 2 is 2.19 bits per heavy atom. The summed E-state index contributed by atoms with van der Waals surface area (Å²) in [6.45, 7) is 0.732. The van der Waals surface area contributed by atoms with Gasteiger partial charge in [0, 0.05) is 24.2 Å². The Hall–Kier alpha value is -2.73. The van der Waals surface area contributed by atoms with Gasteiger partial charge in [0.15, 0.2) is 0 Å². The first-order valence-corrected chi connectivity index (χ1v) is 9.95. The summed E-state index contributed by atoms with van der Waals surface area (Å²) in [6, 6.07) is 11.8. The number of carbonyl (C=O) groups is 1. The van der Waals surface area contributed by atoms with Gasteiger partial charge >= 0.3 is 0 Å². The molecule has 0 radical (unpaired) electrons. The average Bonchev–Trinajstić information content (AvgIpc) is 3.06. The smallest absolute Gasteiger partial charge is 0.233 e. The quantitative estimate of drug-likeness (QED) is 0.684. The van der Waals surface area contributed by atoms with Crippen molar-refractivity contribution in [3.8, 4) is 16.5 Å². The summed E-state index contributed by atoms with van der Waals surface area (Å²) in [5.74, 6) is 0.851. The predicted molar refractivity (Wildman–Crippen MR) is 107 cm³/mol. The fraction of sp³-hybridized carbons (Fsp3) is 0.286. The molecule has 1 amide bonds. The molecule has 1 aliphatic heterocycles. The van der Waals surface area contributed by atoms with E-state index in [-0.39, 0.29) is 5.91 Å². The van der Waals surface area contributed by atoms with Gasteiger partial charge in [-0.2, -0.15) is 0 Å². The van der Waals surface area contributed by atoms with Gasteiger partial charge < -0.3 is 9.64 Å². The molecule has 4 rings (SSSR count). The molecular formula is C21H21N3O2S. The standard InChI is InChI=1S/C21H21N3O2S/c1-26-17-9-8-15-6-3-5-11-24(19(15)13-17)20(25)12-16-14-27-21(23-16)18-7-2-4-10-22-18/h2,4,7-10,13-14H,3,5-6,11-12H2,1H3. The summed E-state index contributed by atoms with van der Waals surface area (Å²) in [5.41, 5.74) is 3.80. The van der Waals surface area contributed by atoms with Gasteiger partial charge in [0.2, 0.25) is 5.91 Å². The number of aryl methyl sites for hydroxylation is 1. The molecule has 3 heterocycles. The number of pyridine rings is 1. The van der Waals surface area contributed by atoms with E-state index in [0.717, 1.165) is 53.6 Å². The molecule has 0 bridgehead atoms. The number of fused-ring (bicyclic) bond motifs is 1. The summed E-state index contributed by atoms with van der Waals surface area (Å²) in [5, 5.41) is 2.79. The van der Waals surface area contributed by atoms with E-state index in [2.05, 4.69) is 16.0 Å². The van der Waals surface area contributed by atoms with Crippen LogP contribution >= 0.6 is 11.3 Å². The number of benzene rings is 1. The lowest BCUT2D eigenvalue weighted by Crippen LogP contribution is -2.33. The minimum atomic E-state index is 0.0734. The van der Waals surface area contributed by atoms with Crippen LogP contribution in [0.5, 0.6) is 5.75 Å². The summed E-state index contributed by atoms with van der Waals surface area (Å²) in [4.78, 5) is 23.9. The molecule has 0 N–H and O–H groups in total. The number of anilines is 1. The third kappa shape index (κ3) is 3.85. The normalized spacial score (nSPS) is 13.7. The van der Waals surface area contributed by atoms with Gasteiger partial charge in [0.1, 0.15) is 10.8 Å². The highest BCUT2D eigenvalue weighted by atomic mass is 32.1. The van der Waals surface area contributed by atoms with Gasteiger partial charge in [-0.05, 0) is 43.0 Å². The molecule has 1 aliphatic rings. The van der Waals surface area contributed by atoms with E-state index in [4.69, 9.17) is 4.74 Å². The van der Waals surface area contributed by atoms with Crippen molar-refractivity contribution in [2.45, 2.75) is 25.7 Å². The molecule has 1 aromatic carbocycles. The van der Waals surface area contributed by atoms with Crippen molar-refractivity contribution >= 4 is 22.9 Å². The number of amides is 1. The summed E-state index contributed by atoms with van der Waals surface area (Å²) < 4.78 is 5.36. The maximum atomic E-state index is 13.1. The van der Waals surface area contributed by atoms with E-state index in [1.54, 1.807) is 13.3 Å². The van der Waals surface area contributed by atoms with Crippen molar-refractivity contribution in [1.82, 2.24) is 9.97 Å². The van der Waals surface area contributed by atoms with Crippen LogP contribution in [-0.2, 0) is 17.6 Å². The van der Waals surface area contributed by atoms with Crippen molar-refractivity contribution in [1.29, 1.82) is 0 Å². The first kappa shape index (κ1) is 17.7. The molecule has 138 valence electrons. The SMILES string of the molecule is COc1ccc2c(c1)N(C(=O)Cc1csc(-c3ccccn3)n1)CCCC2. The Morgan fingerprint density at radius 1 is 1.26 bits per heavy atom. The van der Waals surface area contributed by atoms with Crippen molar-refractivity contribution in [3.63, 3.8) is 0 Å². The first-order valence-electron chi connectivity index (χ1n) is 9.07. The summed E-state index contributed by atoms with van der Waals surface area (Å²) >= 11 is 1.52. The number of carbonyl (C=O) groups excluding carboxylic acids is 1. The van der Waals surface area contributed by atoms with Gasteiger partial charge in [-0.3, -0.25) is 9.78 Å². The van der Waals surface area contributed by atoms with Gasteiger partial charge in [0.25, 0.3) is 0 Å². The van der Waals surface area contributed by atoms with Crippen molar-refractivity contribution in [2.75, 3.05) is 18.6 Å². The molecule has 3 aromatic rings. The highest BCUT2D eigenvalue weighted by Crippen LogP contribution is 2.31. The number of hydrogen-bond donors (Lipinski definition) is 0. The van der Waals surface area contributed by atoms with Crippen LogP contribution in [0, 0.1) is 0 Å². The first-order chi connectivity index (χ1) is 13.2. The van der Waals surface area contributed by atoms with Crippen LogP contribution in [0.25, 0.3) is 10.7 Å². The van der Waals surface area contributed by atoms with Crippen molar-refractivity contribution < 1.29 is 9.53 Å². The van der Waals surface area contributed by atoms with E-state index in [0.29, 0.717) is 6.42 Å². The Kier molecular flexibility index (Phi) is 5.16. The second-order valence-electron chi connectivity index (χ2n) is 6.53. The number of thiazole rings is 1.